The Labute approximate surface area is 123 Å². The number of rotatable bonds is 3. The summed E-state index contributed by atoms with van der Waals surface area (Å²) in [6.45, 7) is 2.33. The predicted molar refractivity (Wildman–Crippen MR) is 77.2 cm³/mol. The van der Waals surface area contributed by atoms with Crippen molar-refractivity contribution in [1.82, 2.24) is 19.9 Å². The van der Waals surface area contributed by atoms with Crippen LogP contribution in [0.1, 0.15) is 17.0 Å². The summed E-state index contributed by atoms with van der Waals surface area (Å²) < 4.78 is 23.0. The molecule has 3 heterocycles. The van der Waals surface area contributed by atoms with Crippen LogP contribution in [-0.2, 0) is 29.3 Å². The standard InChI is InChI=1S/C14H16N4O2S/c1-21(19,20)14-16-8-11-9-18(7-5-13(11)17-14)10-12-4-2-3-6-15-12/h2-4,6,8H,5,7,9-10H2,1H3. The molecule has 1 aliphatic heterocycles. The maximum atomic E-state index is 11.5. The number of hydrogen-bond acceptors (Lipinski definition) is 6. The van der Waals surface area contributed by atoms with Gasteiger partial charge in [0.2, 0.25) is 15.0 Å². The molecule has 0 saturated carbocycles. The molecule has 0 fully saturated rings. The first kappa shape index (κ1) is 14.1. The van der Waals surface area contributed by atoms with E-state index in [2.05, 4.69) is 19.9 Å². The van der Waals surface area contributed by atoms with Gasteiger partial charge < -0.3 is 0 Å². The second-order valence-corrected chi connectivity index (χ2v) is 7.09. The van der Waals surface area contributed by atoms with Gasteiger partial charge >= 0.3 is 0 Å². The highest BCUT2D eigenvalue weighted by Gasteiger charge is 2.21. The van der Waals surface area contributed by atoms with Gasteiger partial charge in [0, 0.05) is 50.3 Å². The molecule has 21 heavy (non-hydrogen) atoms. The molecule has 0 amide bonds. The summed E-state index contributed by atoms with van der Waals surface area (Å²) >= 11 is 0. The average Bonchev–Trinajstić information content (AvgIpc) is 2.47. The van der Waals surface area contributed by atoms with E-state index in [0.717, 1.165) is 49.3 Å². The van der Waals surface area contributed by atoms with Crippen molar-refractivity contribution < 1.29 is 8.42 Å². The van der Waals surface area contributed by atoms with Gasteiger partial charge in [0.05, 0.1) is 11.4 Å². The predicted octanol–water partition coefficient (Wildman–Crippen LogP) is 0.833. The lowest BCUT2D eigenvalue weighted by atomic mass is 10.1. The van der Waals surface area contributed by atoms with Gasteiger partial charge in [-0.2, -0.15) is 0 Å². The molecule has 7 heteroatoms. The third kappa shape index (κ3) is 3.25. The van der Waals surface area contributed by atoms with Crippen LogP contribution in [0.5, 0.6) is 0 Å². The van der Waals surface area contributed by atoms with E-state index in [0.29, 0.717) is 0 Å². The lowest BCUT2D eigenvalue weighted by molar-refractivity contribution is 0.239. The lowest BCUT2D eigenvalue weighted by Gasteiger charge is -2.27. The fraction of sp³-hybridized carbons (Fsp3) is 0.357. The Hall–Kier alpha value is -1.86. The van der Waals surface area contributed by atoms with E-state index < -0.39 is 9.84 Å². The third-order valence-electron chi connectivity index (χ3n) is 3.43. The number of pyridine rings is 1. The molecule has 2 aromatic heterocycles. The fourth-order valence-corrected chi connectivity index (χ4v) is 2.91. The van der Waals surface area contributed by atoms with Crippen LogP contribution in [0.3, 0.4) is 0 Å². The first-order valence-corrected chi connectivity index (χ1v) is 8.58. The Kier molecular flexibility index (Phi) is 3.69. The van der Waals surface area contributed by atoms with Crippen LogP contribution in [0.25, 0.3) is 0 Å². The van der Waals surface area contributed by atoms with E-state index >= 15 is 0 Å². The molecular formula is C14H16N4O2S. The Morgan fingerprint density at radius 3 is 2.86 bits per heavy atom. The van der Waals surface area contributed by atoms with Crippen LogP contribution < -0.4 is 0 Å². The van der Waals surface area contributed by atoms with Gasteiger partial charge in [-0.25, -0.2) is 18.4 Å². The summed E-state index contributed by atoms with van der Waals surface area (Å²) in [5.41, 5.74) is 2.85. The summed E-state index contributed by atoms with van der Waals surface area (Å²) in [5.74, 6) is 0. The zero-order valence-electron chi connectivity index (χ0n) is 11.7. The topological polar surface area (TPSA) is 76.1 Å². The minimum atomic E-state index is -3.34. The molecule has 0 radical (unpaired) electrons. The van der Waals surface area contributed by atoms with Gasteiger partial charge in [0.15, 0.2) is 0 Å². The number of fused-ring (bicyclic) bond motifs is 1. The van der Waals surface area contributed by atoms with Gasteiger partial charge in [-0.3, -0.25) is 9.88 Å². The number of hydrogen-bond donors (Lipinski definition) is 0. The molecule has 1 aliphatic rings. The molecule has 0 spiro atoms. The summed E-state index contributed by atoms with van der Waals surface area (Å²) in [6, 6.07) is 5.87. The van der Waals surface area contributed by atoms with Crippen LogP contribution in [0.4, 0.5) is 0 Å². The highest BCUT2D eigenvalue weighted by atomic mass is 32.2. The van der Waals surface area contributed by atoms with Crippen molar-refractivity contribution >= 4 is 9.84 Å². The first-order valence-electron chi connectivity index (χ1n) is 6.69. The molecule has 2 aromatic rings. The zero-order chi connectivity index (χ0) is 14.9. The van der Waals surface area contributed by atoms with Crippen molar-refractivity contribution in [1.29, 1.82) is 0 Å². The van der Waals surface area contributed by atoms with Gasteiger partial charge in [-0.15, -0.1) is 0 Å². The van der Waals surface area contributed by atoms with Gasteiger partial charge in [0.1, 0.15) is 0 Å². The molecule has 0 N–H and O–H groups in total. The second kappa shape index (κ2) is 5.50. The van der Waals surface area contributed by atoms with E-state index in [9.17, 15) is 8.42 Å². The normalized spacial score (nSPS) is 15.7. The summed E-state index contributed by atoms with van der Waals surface area (Å²) in [7, 11) is -3.34. The average molecular weight is 304 g/mol. The Balaban J connectivity index is 1.77. The summed E-state index contributed by atoms with van der Waals surface area (Å²) in [6.07, 6.45) is 5.27. The van der Waals surface area contributed by atoms with Crippen LogP contribution in [0, 0.1) is 0 Å². The largest absolute Gasteiger partial charge is 0.293 e. The third-order valence-corrected chi connectivity index (χ3v) is 4.29. The monoisotopic (exact) mass is 304 g/mol. The SMILES string of the molecule is CS(=O)(=O)c1ncc2c(n1)CCN(Cc1ccccn1)C2. The van der Waals surface area contributed by atoms with Gasteiger partial charge in [0.25, 0.3) is 0 Å². The summed E-state index contributed by atoms with van der Waals surface area (Å²) in [4.78, 5) is 14.7. The fourth-order valence-electron chi connectivity index (χ4n) is 2.39. The maximum absolute atomic E-state index is 11.5. The van der Waals surface area contributed by atoms with Gasteiger partial charge in [-0.1, -0.05) is 6.07 Å². The molecule has 110 valence electrons. The highest BCUT2D eigenvalue weighted by Crippen LogP contribution is 2.19. The van der Waals surface area contributed by atoms with Crippen molar-refractivity contribution in [3.8, 4) is 0 Å². The van der Waals surface area contributed by atoms with E-state index in [-0.39, 0.29) is 5.16 Å². The van der Waals surface area contributed by atoms with Gasteiger partial charge in [-0.05, 0) is 12.1 Å². The van der Waals surface area contributed by atoms with Crippen molar-refractivity contribution in [2.45, 2.75) is 24.7 Å². The quantitative estimate of drug-likeness (QED) is 0.782. The lowest BCUT2D eigenvalue weighted by Crippen LogP contribution is -2.31. The molecule has 0 bridgehead atoms. The smallest absolute Gasteiger partial charge is 0.246 e. The Morgan fingerprint density at radius 2 is 2.14 bits per heavy atom. The van der Waals surface area contributed by atoms with E-state index in [1.165, 1.54) is 0 Å². The van der Waals surface area contributed by atoms with Crippen molar-refractivity contribution in [3.63, 3.8) is 0 Å². The molecule has 0 aromatic carbocycles. The van der Waals surface area contributed by atoms with Crippen LogP contribution >= 0.6 is 0 Å². The molecule has 0 saturated heterocycles. The van der Waals surface area contributed by atoms with E-state index in [1.54, 1.807) is 12.4 Å². The maximum Gasteiger partial charge on any atom is 0.246 e. The molecule has 3 rings (SSSR count). The van der Waals surface area contributed by atoms with Crippen molar-refractivity contribution in [2.75, 3.05) is 12.8 Å². The Bertz CT molecular complexity index is 747. The van der Waals surface area contributed by atoms with Crippen LogP contribution in [-0.4, -0.2) is 41.1 Å². The molecule has 0 aliphatic carbocycles. The minimum Gasteiger partial charge on any atom is -0.293 e. The molecule has 6 nitrogen and oxygen atoms in total. The van der Waals surface area contributed by atoms with Crippen LogP contribution in [0.2, 0.25) is 0 Å². The highest BCUT2D eigenvalue weighted by molar-refractivity contribution is 7.90. The van der Waals surface area contributed by atoms with Crippen LogP contribution in [0.15, 0.2) is 35.7 Å². The number of sulfone groups is 1. The number of aromatic nitrogens is 3. The molecular weight excluding hydrogens is 288 g/mol. The second-order valence-electron chi connectivity index (χ2n) is 5.18. The first-order chi connectivity index (χ1) is 10.0. The molecule has 0 atom stereocenters. The van der Waals surface area contributed by atoms with Crippen molar-refractivity contribution in [3.05, 3.63) is 47.5 Å². The minimum absolute atomic E-state index is 0.0839. The number of nitrogens with zero attached hydrogens (tertiary/aromatic N) is 4. The molecule has 0 unspecified atom stereocenters. The summed E-state index contributed by atoms with van der Waals surface area (Å²) in [5, 5.41) is -0.0839. The van der Waals surface area contributed by atoms with E-state index in [4.69, 9.17) is 0 Å². The Morgan fingerprint density at radius 1 is 1.29 bits per heavy atom. The van der Waals surface area contributed by atoms with E-state index in [1.807, 2.05) is 18.2 Å². The van der Waals surface area contributed by atoms with Crippen molar-refractivity contribution in [2.24, 2.45) is 0 Å². The zero-order valence-corrected chi connectivity index (χ0v) is 12.5.